The molecule has 3 amide bonds. The van der Waals surface area contributed by atoms with Crippen molar-refractivity contribution in [3.05, 3.63) is 11.8 Å². The average molecular weight is 338 g/mol. The standard InChI is InChI=1S/C18H30N2O4/c1-7-16(21)19-13(8-11(2)3)18(23)20-14(9-12(4)5)15(24-6)10-17(20)22/h10-14H,7-9H2,1-6H3,(H,19,21)/t13?,14-/m0/s1. The quantitative estimate of drug-likeness (QED) is 0.736. The molecule has 0 aliphatic carbocycles. The van der Waals surface area contributed by atoms with E-state index in [0.717, 1.165) is 0 Å². The first kappa shape index (κ1) is 20.2. The number of nitrogens with zero attached hydrogens (tertiary/aromatic N) is 1. The van der Waals surface area contributed by atoms with Gasteiger partial charge in [0, 0.05) is 12.5 Å². The Morgan fingerprint density at radius 2 is 1.88 bits per heavy atom. The zero-order chi connectivity index (χ0) is 18.4. The summed E-state index contributed by atoms with van der Waals surface area (Å²) in [5.74, 6) is 0.0929. The largest absolute Gasteiger partial charge is 0.499 e. The first-order valence-electron chi connectivity index (χ1n) is 8.63. The number of hydrogen-bond acceptors (Lipinski definition) is 4. The molecule has 136 valence electrons. The molecule has 6 nitrogen and oxygen atoms in total. The van der Waals surface area contributed by atoms with Crippen LogP contribution in [-0.4, -0.2) is 41.8 Å². The molecule has 6 heteroatoms. The maximum atomic E-state index is 13.0. The lowest BCUT2D eigenvalue weighted by atomic mass is 9.99. The summed E-state index contributed by atoms with van der Waals surface area (Å²) in [5.41, 5.74) is 0. The molecule has 1 heterocycles. The van der Waals surface area contributed by atoms with Crippen molar-refractivity contribution in [3.8, 4) is 0 Å². The van der Waals surface area contributed by atoms with E-state index in [1.165, 1.54) is 18.1 Å². The van der Waals surface area contributed by atoms with Crippen molar-refractivity contribution in [1.29, 1.82) is 0 Å². The maximum absolute atomic E-state index is 13.0. The molecule has 1 unspecified atom stereocenters. The van der Waals surface area contributed by atoms with Crippen LogP contribution in [0.15, 0.2) is 11.8 Å². The van der Waals surface area contributed by atoms with Gasteiger partial charge in [0.1, 0.15) is 11.8 Å². The predicted molar refractivity (Wildman–Crippen MR) is 91.9 cm³/mol. The molecule has 0 spiro atoms. The van der Waals surface area contributed by atoms with E-state index in [1.807, 2.05) is 27.7 Å². The Bertz CT molecular complexity index is 511. The monoisotopic (exact) mass is 338 g/mol. The van der Waals surface area contributed by atoms with Crippen LogP contribution >= 0.6 is 0 Å². The Morgan fingerprint density at radius 3 is 2.33 bits per heavy atom. The molecule has 24 heavy (non-hydrogen) atoms. The number of hydrogen-bond donors (Lipinski definition) is 1. The van der Waals surface area contributed by atoms with Crippen LogP contribution in [0.3, 0.4) is 0 Å². The van der Waals surface area contributed by atoms with Crippen molar-refractivity contribution in [3.63, 3.8) is 0 Å². The van der Waals surface area contributed by atoms with Crippen LogP contribution in [-0.2, 0) is 19.1 Å². The number of imide groups is 1. The van der Waals surface area contributed by atoms with Gasteiger partial charge in [-0.3, -0.25) is 19.3 Å². The predicted octanol–water partition coefficient (Wildman–Crippen LogP) is 2.24. The van der Waals surface area contributed by atoms with Crippen LogP contribution in [0.4, 0.5) is 0 Å². The lowest BCUT2D eigenvalue weighted by Gasteiger charge is -2.30. The van der Waals surface area contributed by atoms with Gasteiger partial charge < -0.3 is 10.1 Å². The van der Waals surface area contributed by atoms with Crippen LogP contribution in [0.5, 0.6) is 0 Å². The fraction of sp³-hybridized carbons (Fsp3) is 0.722. The van der Waals surface area contributed by atoms with E-state index in [2.05, 4.69) is 5.32 Å². The number of amides is 3. The van der Waals surface area contributed by atoms with Gasteiger partial charge in [0.25, 0.3) is 11.8 Å². The highest BCUT2D eigenvalue weighted by molar-refractivity contribution is 6.06. The van der Waals surface area contributed by atoms with Crippen molar-refractivity contribution >= 4 is 17.7 Å². The molecule has 0 aromatic rings. The maximum Gasteiger partial charge on any atom is 0.257 e. The van der Waals surface area contributed by atoms with E-state index in [1.54, 1.807) is 6.92 Å². The summed E-state index contributed by atoms with van der Waals surface area (Å²) in [7, 11) is 1.50. The molecule has 0 saturated carbocycles. The van der Waals surface area contributed by atoms with Gasteiger partial charge >= 0.3 is 0 Å². The fourth-order valence-corrected chi connectivity index (χ4v) is 2.85. The third-order valence-corrected chi connectivity index (χ3v) is 3.97. The Hall–Kier alpha value is -1.85. The molecule has 1 N–H and O–H groups in total. The lowest BCUT2D eigenvalue weighted by molar-refractivity contribution is -0.146. The molecule has 0 aromatic carbocycles. The highest BCUT2D eigenvalue weighted by Crippen LogP contribution is 2.27. The molecular weight excluding hydrogens is 308 g/mol. The number of nitrogens with one attached hydrogen (secondary N) is 1. The first-order chi connectivity index (χ1) is 11.2. The van der Waals surface area contributed by atoms with Crippen LogP contribution < -0.4 is 5.32 Å². The summed E-state index contributed by atoms with van der Waals surface area (Å²) >= 11 is 0. The third kappa shape index (κ3) is 5.08. The van der Waals surface area contributed by atoms with Crippen molar-refractivity contribution in [1.82, 2.24) is 10.2 Å². The molecule has 0 fully saturated rings. The Balaban J connectivity index is 3.05. The zero-order valence-corrected chi connectivity index (χ0v) is 15.6. The number of rotatable bonds is 8. The molecular formula is C18H30N2O4. The van der Waals surface area contributed by atoms with E-state index >= 15 is 0 Å². The van der Waals surface area contributed by atoms with E-state index in [4.69, 9.17) is 4.74 Å². The molecule has 1 aliphatic heterocycles. The summed E-state index contributed by atoms with van der Waals surface area (Å²) in [6.45, 7) is 9.76. The van der Waals surface area contributed by atoms with Crippen molar-refractivity contribution < 1.29 is 19.1 Å². The molecule has 0 saturated heterocycles. The normalized spacial score (nSPS) is 18.8. The van der Waals surface area contributed by atoms with Crippen LogP contribution in [0.25, 0.3) is 0 Å². The van der Waals surface area contributed by atoms with Gasteiger partial charge in [-0.2, -0.15) is 0 Å². The molecule has 2 atom stereocenters. The second-order valence-corrected chi connectivity index (χ2v) is 7.05. The van der Waals surface area contributed by atoms with E-state index < -0.39 is 12.1 Å². The summed E-state index contributed by atoms with van der Waals surface area (Å²) in [6.07, 6.45) is 2.80. The van der Waals surface area contributed by atoms with Crippen LogP contribution in [0, 0.1) is 11.8 Å². The number of methoxy groups -OCH3 is 1. The molecule has 0 aromatic heterocycles. The second-order valence-electron chi connectivity index (χ2n) is 7.05. The van der Waals surface area contributed by atoms with Gasteiger partial charge in [-0.05, 0) is 24.7 Å². The van der Waals surface area contributed by atoms with Crippen LogP contribution in [0.1, 0.15) is 53.9 Å². The summed E-state index contributed by atoms with van der Waals surface area (Å²) < 4.78 is 5.30. The second kappa shape index (κ2) is 8.85. The van der Waals surface area contributed by atoms with Gasteiger partial charge in [-0.1, -0.05) is 34.6 Å². The number of carbonyl (C=O) groups is 3. The first-order valence-corrected chi connectivity index (χ1v) is 8.63. The van der Waals surface area contributed by atoms with Crippen LogP contribution in [0.2, 0.25) is 0 Å². The van der Waals surface area contributed by atoms with Gasteiger partial charge in [-0.15, -0.1) is 0 Å². The third-order valence-electron chi connectivity index (χ3n) is 3.97. The zero-order valence-electron chi connectivity index (χ0n) is 15.6. The highest BCUT2D eigenvalue weighted by atomic mass is 16.5. The highest BCUT2D eigenvalue weighted by Gasteiger charge is 2.41. The SMILES string of the molecule is CCC(=O)NC(CC(C)C)C(=O)N1C(=O)C=C(OC)[C@@H]1CC(C)C. The van der Waals surface area contributed by atoms with Gasteiger partial charge in [0.2, 0.25) is 5.91 Å². The average Bonchev–Trinajstić information content (AvgIpc) is 2.80. The van der Waals surface area contributed by atoms with Gasteiger partial charge in [0.15, 0.2) is 0 Å². The Labute approximate surface area is 144 Å². The smallest absolute Gasteiger partial charge is 0.257 e. The van der Waals surface area contributed by atoms with Crippen molar-refractivity contribution in [2.24, 2.45) is 11.8 Å². The van der Waals surface area contributed by atoms with E-state index in [9.17, 15) is 14.4 Å². The van der Waals surface area contributed by atoms with Crippen molar-refractivity contribution in [2.45, 2.75) is 66.0 Å². The topological polar surface area (TPSA) is 75.7 Å². The van der Waals surface area contributed by atoms with E-state index in [0.29, 0.717) is 30.9 Å². The Kier molecular flexibility index (Phi) is 7.45. The summed E-state index contributed by atoms with van der Waals surface area (Å²) in [6, 6.07) is -1.09. The summed E-state index contributed by atoms with van der Waals surface area (Å²) in [4.78, 5) is 38.4. The Morgan fingerprint density at radius 1 is 1.25 bits per heavy atom. The number of ether oxygens (including phenoxy) is 1. The van der Waals surface area contributed by atoms with Crippen molar-refractivity contribution in [2.75, 3.05) is 7.11 Å². The summed E-state index contributed by atoms with van der Waals surface area (Å²) in [5, 5.41) is 2.76. The molecule has 1 aliphatic rings. The molecule has 0 bridgehead atoms. The van der Waals surface area contributed by atoms with E-state index in [-0.39, 0.29) is 23.6 Å². The minimum absolute atomic E-state index is 0.194. The molecule has 0 radical (unpaired) electrons. The van der Waals surface area contributed by atoms with Gasteiger partial charge in [0.05, 0.1) is 13.2 Å². The van der Waals surface area contributed by atoms with Gasteiger partial charge in [-0.25, -0.2) is 0 Å². The number of carbonyl (C=O) groups excluding carboxylic acids is 3. The minimum Gasteiger partial charge on any atom is -0.499 e. The fourth-order valence-electron chi connectivity index (χ4n) is 2.85. The lowest BCUT2D eigenvalue weighted by Crippen LogP contribution is -2.52. The molecule has 1 rings (SSSR count). The minimum atomic E-state index is -0.694.